The molecule has 4 rings (SSSR count). The number of aromatic amines is 1. The number of H-pyrrole nitrogens is 1. The fraction of sp³-hybridized carbons (Fsp3) is 0.261. The van der Waals surface area contributed by atoms with Crippen molar-refractivity contribution in [1.82, 2.24) is 15.2 Å². The van der Waals surface area contributed by atoms with E-state index in [1.807, 2.05) is 42.7 Å². The molecule has 0 radical (unpaired) electrons. The van der Waals surface area contributed by atoms with Crippen LogP contribution in [0.2, 0.25) is 25.7 Å². The first-order valence-corrected chi connectivity index (χ1v) is 13.5. The predicted molar refractivity (Wildman–Crippen MR) is 119 cm³/mol. The van der Waals surface area contributed by atoms with Crippen molar-refractivity contribution in [2.24, 2.45) is 0 Å². The van der Waals surface area contributed by atoms with E-state index in [1.54, 1.807) is 0 Å². The molecule has 2 heterocycles. The first-order chi connectivity index (χ1) is 14.0. The summed E-state index contributed by atoms with van der Waals surface area (Å²) in [6.07, 6.45) is 4.31. The number of nitrogens with one attached hydrogen (secondary N) is 1. The number of pyridine rings is 1. The summed E-state index contributed by atoms with van der Waals surface area (Å²) < 4.78 is 6.47. The van der Waals surface area contributed by atoms with Gasteiger partial charge in [-0.15, -0.1) is 0 Å². The van der Waals surface area contributed by atoms with Gasteiger partial charge in [0.25, 0.3) is 0 Å². The van der Waals surface area contributed by atoms with E-state index in [0.29, 0.717) is 12.3 Å². The molecule has 4 aromatic rings. The summed E-state index contributed by atoms with van der Waals surface area (Å²) in [6, 6.07) is 15.3. The number of aromatic nitrogens is 3. The number of aldehydes is 1. The fourth-order valence-electron chi connectivity index (χ4n) is 3.50. The van der Waals surface area contributed by atoms with Crippen LogP contribution >= 0.6 is 0 Å². The Morgan fingerprint density at radius 2 is 1.93 bits per heavy atom. The molecular weight excluding hydrogens is 378 g/mol. The van der Waals surface area contributed by atoms with Gasteiger partial charge in [0.15, 0.2) is 6.29 Å². The summed E-state index contributed by atoms with van der Waals surface area (Å²) in [5, 5.41) is 10.0. The number of hydrogen-bond donors (Lipinski definition) is 1. The largest absolute Gasteiger partial charge is 0.369 e. The lowest BCUT2D eigenvalue weighted by molar-refractivity contribution is 0.0915. The number of benzene rings is 2. The summed E-state index contributed by atoms with van der Waals surface area (Å²) in [4.78, 5) is 15.8. The van der Waals surface area contributed by atoms with Crippen LogP contribution in [-0.4, -0.2) is 36.1 Å². The number of rotatable bonds is 7. The van der Waals surface area contributed by atoms with E-state index < -0.39 is 8.07 Å². The van der Waals surface area contributed by atoms with Gasteiger partial charge in [-0.1, -0.05) is 50.0 Å². The molecule has 0 spiro atoms. The summed E-state index contributed by atoms with van der Waals surface area (Å²) in [7, 11) is -1.23. The maximum atomic E-state index is 11.4. The quantitative estimate of drug-likeness (QED) is 0.333. The molecule has 0 bridgehead atoms. The molecule has 5 nitrogen and oxygen atoms in total. The smallest absolute Gasteiger partial charge is 0.168 e. The minimum Gasteiger partial charge on any atom is -0.369 e. The Hall–Kier alpha value is -2.83. The zero-order chi connectivity index (χ0) is 20.4. The highest BCUT2D eigenvalue weighted by Crippen LogP contribution is 2.33. The molecule has 0 saturated carbocycles. The molecule has 2 aromatic carbocycles. The minimum absolute atomic E-state index is 0.260. The number of carbonyl (C=O) groups is 1. The Morgan fingerprint density at radius 1 is 1.10 bits per heavy atom. The summed E-state index contributed by atoms with van der Waals surface area (Å²) in [6.45, 7) is 7.73. The standard InChI is InChI=1S/C23H25N3O2Si/c1-29(2,3)11-10-28-23(20-14-24-13-17-6-4-5-7-18(17)20)16-8-9-21-19(12-16)22(15-27)26-25-21/h4-9,12-15,23H,10-11H2,1-3H3,(H,25,26). The average Bonchev–Trinajstić information content (AvgIpc) is 3.12. The van der Waals surface area contributed by atoms with Crippen molar-refractivity contribution in [1.29, 1.82) is 0 Å². The van der Waals surface area contributed by atoms with Crippen LogP contribution in [-0.2, 0) is 4.74 Å². The molecule has 1 N–H and O–H groups in total. The predicted octanol–water partition coefficient (Wildman–Crippen LogP) is 5.37. The van der Waals surface area contributed by atoms with Crippen LogP contribution in [0, 0.1) is 0 Å². The van der Waals surface area contributed by atoms with Gasteiger partial charge in [0.05, 0.1) is 5.52 Å². The van der Waals surface area contributed by atoms with Crippen molar-refractivity contribution in [2.45, 2.75) is 31.8 Å². The van der Waals surface area contributed by atoms with Crippen molar-refractivity contribution >= 4 is 36.0 Å². The normalized spacial score (nSPS) is 13.1. The number of fused-ring (bicyclic) bond motifs is 2. The van der Waals surface area contributed by atoms with E-state index in [2.05, 4.69) is 47.0 Å². The lowest BCUT2D eigenvalue weighted by Crippen LogP contribution is -2.22. The Balaban J connectivity index is 1.81. The molecule has 1 atom stereocenters. The van der Waals surface area contributed by atoms with Crippen molar-refractivity contribution < 1.29 is 9.53 Å². The van der Waals surface area contributed by atoms with Crippen LogP contribution in [0.15, 0.2) is 54.9 Å². The highest BCUT2D eigenvalue weighted by atomic mass is 28.3. The van der Waals surface area contributed by atoms with Crippen LogP contribution in [0.1, 0.15) is 27.7 Å². The van der Waals surface area contributed by atoms with E-state index in [1.165, 1.54) is 0 Å². The number of hydrogen-bond acceptors (Lipinski definition) is 4. The highest BCUT2D eigenvalue weighted by Gasteiger charge is 2.21. The van der Waals surface area contributed by atoms with Gasteiger partial charge in [0.1, 0.15) is 11.8 Å². The minimum atomic E-state index is -1.23. The second-order valence-electron chi connectivity index (χ2n) is 8.54. The number of nitrogens with zero attached hydrogens (tertiary/aromatic N) is 2. The molecule has 2 aromatic heterocycles. The van der Waals surface area contributed by atoms with Gasteiger partial charge < -0.3 is 4.74 Å². The van der Waals surface area contributed by atoms with E-state index in [0.717, 1.165) is 45.1 Å². The van der Waals surface area contributed by atoms with Crippen LogP contribution in [0.25, 0.3) is 21.7 Å². The topological polar surface area (TPSA) is 67.9 Å². The molecule has 0 aliphatic carbocycles. The first kappa shape index (κ1) is 19.5. The summed E-state index contributed by atoms with van der Waals surface area (Å²) >= 11 is 0. The van der Waals surface area contributed by atoms with Gasteiger partial charge in [0, 0.05) is 43.4 Å². The molecule has 0 saturated heterocycles. The second kappa shape index (κ2) is 7.89. The monoisotopic (exact) mass is 403 g/mol. The third kappa shape index (κ3) is 4.13. The lowest BCUT2D eigenvalue weighted by atomic mass is 9.96. The van der Waals surface area contributed by atoms with Gasteiger partial charge in [-0.25, -0.2) is 0 Å². The van der Waals surface area contributed by atoms with E-state index in [-0.39, 0.29) is 6.10 Å². The van der Waals surface area contributed by atoms with Gasteiger partial charge in [-0.05, 0) is 29.1 Å². The molecule has 0 fully saturated rings. The molecule has 6 heteroatoms. The Bertz CT molecular complexity index is 1160. The molecule has 0 aliphatic rings. The van der Waals surface area contributed by atoms with Gasteiger partial charge in [-0.2, -0.15) is 5.10 Å². The molecule has 0 amide bonds. The van der Waals surface area contributed by atoms with E-state index in [4.69, 9.17) is 4.74 Å². The van der Waals surface area contributed by atoms with Crippen molar-refractivity contribution in [3.8, 4) is 0 Å². The number of ether oxygens (including phenoxy) is 1. The zero-order valence-corrected chi connectivity index (χ0v) is 18.0. The van der Waals surface area contributed by atoms with Gasteiger partial charge in [0.2, 0.25) is 0 Å². The van der Waals surface area contributed by atoms with E-state index in [9.17, 15) is 4.79 Å². The zero-order valence-electron chi connectivity index (χ0n) is 17.0. The van der Waals surface area contributed by atoms with Crippen LogP contribution in [0.5, 0.6) is 0 Å². The molecule has 0 aliphatic heterocycles. The highest BCUT2D eigenvalue weighted by molar-refractivity contribution is 6.76. The number of carbonyl (C=O) groups excluding carboxylic acids is 1. The molecule has 29 heavy (non-hydrogen) atoms. The van der Waals surface area contributed by atoms with Crippen molar-refractivity contribution in [3.05, 3.63) is 71.7 Å². The Morgan fingerprint density at radius 3 is 2.72 bits per heavy atom. The maximum absolute atomic E-state index is 11.4. The van der Waals surface area contributed by atoms with Gasteiger partial charge in [-0.3, -0.25) is 14.9 Å². The van der Waals surface area contributed by atoms with Crippen LogP contribution in [0.3, 0.4) is 0 Å². The molecular formula is C23H25N3O2Si. The lowest BCUT2D eigenvalue weighted by Gasteiger charge is -2.23. The fourth-order valence-corrected chi connectivity index (χ4v) is 4.23. The third-order valence-corrected chi connectivity index (χ3v) is 6.85. The van der Waals surface area contributed by atoms with Crippen LogP contribution in [0.4, 0.5) is 0 Å². The molecule has 1 unspecified atom stereocenters. The van der Waals surface area contributed by atoms with E-state index >= 15 is 0 Å². The average molecular weight is 404 g/mol. The SMILES string of the molecule is C[Si](C)(C)CCOC(c1ccc2n[nH]c(C=O)c2c1)c1cncc2ccccc12. The second-order valence-corrected chi connectivity index (χ2v) is 14.2. The summed E-state index contributed by atoms with van der Waals surface area (Å²) in [5.41, 5.74) is 3.29. The van der Waals surface area contributed by atoms with Crippen LogP contribution < -0.4 is 0 Å². The Kier molecular flexibility index (Phi) is 5.30. The first-order valence-electron chi connectivity index (χ1n) is 9.84. The maximum Gasteiger partial charge on any atom is 0.168 e. The summed E-state index contributed by atoms with van der Waals surface area (Å²) in [5.74, 6) is 0. The third-order valence-electron chi connectivity index (χ3n) is 5.15. The molecule has 148 valence electrons. The van der Waals surface area contributed by atoms with Crippen molar-refractivity contribution in [3.63, 3.8) is 0 Å². The Labute approximate surface area is 171 Å². The van der Waals surface area contributed by atoms with Crippen molar-refractivity contribution in [2.75, 3.05) is 6.61 Å². The van der Waals surface area contributed by atoms with Gasteiger partial charge >= 0.3 is 0 Å².